The number of allylic oxidation sites excluding steroid dienone is 2. The van der Waals surface area contributed by atoms with Crippen molar-refractivity contribution in [1.29, 1.82) is 0 Å². The van der Waals surface area contributed by atoms with Gasteiger partial charge in [-0.1, -0.05) is 42.5 Å². The van der Waals surface area contributed by atoms with E-state index < -0.39 is 17.0 Å². The number of hydrogen-bond donors (Lipinski definition) is 4. The van der Waals surface area contributed by atoms with Crippen LogP contribution in [0.15, 0.2) is 54.6 Å². The third-order valence-electron chi connectivity index (χ3n) is 7.04. The summed E-state index contributed by atoms with van der Waals surface area (Å²) < 4.78 is 5.49. The van der Waals surface area contributed by atoms with Gasteiger partial charge in [-0.05, 0) is 50.5 Å². The van der Waals surface area contributed by atoms with Crippen LogP contribution < -0.4 is 15.8 Å². The normalized spacial score (nSPS) is 18.2. The molecule has 1 fully saturated rings. The number of nitrogens with zero attached hydrogens (tertiary/aromatic N) is 2. The summed E-state index contributed by atoms with van der Waals surface area (Å²) in [7, 11) is 0. The number of nitrogens with two attached hydrogens (primary N) is 1. The highest BCUT2D eigenvalue weighted by molar-refractivity contribution is 5.98. The number of carbonyl (C=O) groups excluding carboxylic acids is 1. The minimum Gasteiger partial charge on any atom is -0.493 e. The number of anilines is 1. The maximum atomic E-state index is 12.8. The van der Waals surface area contributed by atoms with Gasteiger partial charge in [0.05, 0.1) is 17.1 Å². The minimum absolute atomic E-state index is 0.0131. The van der Waals surface area contributed by atoms with Gasteiger partial charge in [-0.25, -0.2) is 4.79 Å². The molecule has 1 heterocycles. The zero-order valence-electron chi connectivity index (χ0n) is 22.7. The van der Waals surface area contributed by atoms with Gasteiger partial charge in [-0.2, -0.15) is 0 Å². The van der Waals surface area contributed by atoms with Gasteiger partial charge in [0, 0.05) is 37.8 Å². The number of benzene rings is 2. The number of rotatable bonds is 9. The number of carboxylic acid groups (broad SMARTS) is 1. The van der Waals surface area contributed by atoms with Gasteiger partial charge in [-0.15, -0.1) is 0 Å². The predicted octanol–water partition coefficient (Wildman–Crippen LogP) is 3.93. The molecule has 2 unspecified atom stereocenters. The van der Waals surface area contributed by atoms with Gasteiger partial charge in [0.25, 0.3) is 11.6 Å². The van der Waals surface area contributed by atoms with Crippen molar-refractivity contribution in [3.63, 3.8) is 0 Å². The molecule has 0 bridgehead atoms. The largest absolute Gasteiger partial charge is 0.493 e. The van der Waals surface area contributed by atoms with Crippen LogP contribution in [-0.4, -0.2) is 64.2 Å². The molecule has 2 aromatic rings. The molecular formula is C29H38N4O7. The average Bonchev–Trinajstić information content (AvgIpc) is 2.95. The van der Waals surface area contributed by atoms with E-state index in [0.717, 1.165) is 44.8 Å². The first-order chi connectivity index (χ1) is 19.2. The van der Waals surface area contributed by atoms with Gasteiger partial charge < -0.3 is 30.9 Å². The van der Waals surface area contributed by atoms with Crippen LogP contribution in [0.2, 0.25) is 0 Å². The Hall–Kier alpha value is -3.96. The van der Waals surface area contributed by atoms with Crippen LogP contribution in [0, 0.1) is 16.0 Å². The third kappa shape index (κ3) is 8.78. The van der Waals surface area contributed by atoms with Crippen molar-refractivity contribution in [1.82, 2.24) is 10.2 Å². The molecule has 2 aliphatic rings. The summed E-state index contributed by atoms with van der Waals surface area (Å²) in [6, 6.07) is 10.9. The van der Waals surface area contributed by atoms with Gasteiger partial charge in [-0.3, -0.25) is 14.9 Å². The molecule has 216 valence electrons. The Bertz CT molecular complexity index is 1180. The van der Waals surface area contributed by atoms with Crippen LogP contribution in [0.5, 0.6) is 5.75 Å². The van der Waals surface area contributed by atoms with Crippen molar-refractivity contribution in [2.75, 3.05) is 32.0 Å². The zero-order valence-corrected chi connectivity index (χ0v) is 22.7. The molecule has 0 radical (unpaired) electrons. The number of aliphatic hydroxyl groups excluding tert-OH is 1. The molecule has 0 spiro atoms. The standard InChI is InChI=1S/C21H30N4O4.C8H8O3/c1-2-29-20-13-18(22)19(25(27)28)12-17(20)21(26)23-16-8-10-24(11-9-16)14-15-6-4-3-5-7-15;9-7(8(10)11)6-4-2-1-3-5-6/h3-4,12-13,15-16H,2,5-11,14,22H2,1H3,(H,23,26);1-5,7,9H,(H,10,11). The summed E-state index contributed by atoms with van der Waals surface area (Å²) in [4.78, 5) is 36.2. The van der Waals surface area contributed by atoms with Gasteiger partial charge >= 0.3 is 5.97 Å². The fourth-order valence-electron chi connectivity index (χ4n) is 4.88. The molecule has 0 saturated carbocycles. The van der Waals surface area contributed by atoms with Crippen LogP contribution in [-0.2, 0) is 4.79 Å². The fourth-order valence-corrected chi connectivity index (χ4v) is 4.88. The van der Waals surface area contributed by atoms with E-state index in [-0.39, 0.29) is 34.6 Å². The lowest BCUT2D eigenvalue weighted by Crippen LogP contribution is -2.45. The van der Waals surface area contributed by atoms with E-state index in [4.69, 9.17) is 20.7 Å². The topological polar surface area (TPSA) is 168 Å². The molecule has 4 rings (SSSR count). The van der Waals surface area contributed by atoms with Gasteiger partial charge in [0.2, 0.25) is 0 Å². The predicted molar refractivity (Wildman–Crippen MR) is 151 cm³/mol. The molecule has 11 heteroatoms. The van der Waals surface area contributed by atoms with Crippen molar-refractivity contribution in [2.45, 2.75) is 51.2 Å². The Balaban J connectivity index is 0.000000336. The first kappa shape index (κ1) is 30.6. The Morgan fingerprint density at radius 1 is 1.18 bits per heavy atom. The second kappa shape index (κ2) is 15.0. The number of nitro benzene ring substituents is 1. The minimum atomic E-state index is -1.41. The average molecular weight is 555 g/mol. The number of aliphatic carboxylic acids is 1. The molecule has 0 aromatic heterocycles. The van der Waals surface area contributed by atoms with Crippen LogP contribution >= 0.6 is 0 Å². The van der Waals surface area contributed by atoms with Crippen molar-refractivity contribution >= 4 is 23.3 Å². The second-order valence-corrected chi connectivity index (χ2v) is 9.95. The van der Waals surface area contributed by atoms with E-state index in [1.807, 2.05) is 0 Å². The van der Waals surface area contributed by atoms with Crippen molar-refractivity contribution in [2.24, 2.45) is 5.92 Å². The number of carbonyl (C=O) groups is 2. The monoisotopic (exact) mass is 554 g/mol. The van der Waals surface area contributed by atoms with Crippen molar-refractivity contribution in [3.05, 3.63) is 75.9 Å². The molecule has 2 aromatic carbocycles. The Labute approximate surface area is 233 Å². The highest BCUT2D eigenvalue weighted by atomic mass is 16.6. The lowest BCUT2D eigenvalue weighted by atomic mass is 9.93. The molecule has 40 heavy (non-hydrogen) atoms. The molecular weight excluding hydrogens is 516 g/mol. The van der Waals surface area contributed by atoms with Crippen LogP contribution in [0.25, 0.3) is 0 Å². The van der Waals surface area contributed by atoms with E-state index in [9.17, 15) is 19.7 Å². The summed E-state index contributed by atoms with van der Waals surface area (Å²) in [5.41, 5.74) is 6.00. The van der Waals surface area contributed by atoms with E-state index in [2.05, 4.69) is 22.4 Å². The number of nitrogens with one attached hydrogen (secondary N) is 1. The Morgan fingerprint density at radius 3 is 2.45 bits per heavy atom. The second-order valence-electron chi connectivity index (χ2n) is 9.95. The van der Waals surface area contributed by atoms with Crippen molar-refractivity contribution in [3.8, 4) is 5.75 Å². The number of ether oxygens (including phenoxy) is 1. The first-order valence-corrected chi connectivity index (χ1v) is 13.5. The number of nitrogen functional groups attached to an aromatic ring is 1. The lowest BCUT2D eigenvalue weighted by Gasteiger charge is -2.35. The van der Waals surface area contributed by atoms with Gasteiger partial charge in [0.15, 0.2) is 6.10 Å². The Kier molecular flexibility index (Phi) is 11.5. The van der Waals surface area contributed by atoms with E-state index in [0.29, 0.717) is 12.2 Å². The number of aliphatic hydroxyl groups is 1. The summed E-state index contributed by atoms with van der Waals surface area (Å²) in [6.07, 6.45) is 8.46. The highest BCUT2D eigenvalue weighted by Crippen LogP contribution is 2.31. The molecule has 1 aliphatic carbocycles. The molecule has 2 atom stereocenters. The summed E-state index contributed by atoms with van der Waals surface area (Å²) in [5, 5.41) is 31.6. The van der Waals surface area contributed by atoms with Crippen LogP contribution in [0.1, 0.15) is 61.1 Å². The number of amides is 1. The summed E-state index contributed by atoms with van der Waals surface area (Å²) in [5.74, 6) is -0.574. The number of likely N-dealkylation sites (tertiary alicyclic amines) is 1. The number of piperidine rings is 1. The molecule has 1 saturated heterocycles. The lowest BCUT2D eigenvalue weighted by molar-refractivity contribution is -0.383. The molecule has 5 N–H and O–H groups in total. The van der Waals surface area contributed by atoms with E-state index in [1.165, 1.54) is 25.0 Å². The summed E-state index contributed by atoms with van der Waals surface area (Å²) in [6.45, 7) is 5.14. The molecule has 1 amide bonds. The zero-order chi connectivity index (χ0) is 29.1. The number of nitro groups is 1. The van der Waals surface area contributed by atoms with E-state index in [1.54, 1.807) is 37.3 Å². The molecule has 11 nitrogen and oxygen atoms in total. The maximum absolute atomic E-state index is 12.8. The maximum Gasteiger partial charge on any atom is 0.337 e. The third-order valence-corrected chi connectivity index (χ3v) is 7.04. The quantitative estimate of drug-likeness (QED) is 0.155. The highest BCUT2D eigenvalue weighted by Gasteiger charge is 2.26. The fraction of sp³-hybridized carbons (Fsp3) is 0.448. The molecule has 1 aliphatic heterocycles. The van der Waals surface area contributed by atoms with Gasteiger partial charge in [0.1, 0.15) is 11.4 Å². The Morgan fingerprint density at radius 2 is 1.88 bits per heavy atom. The summed E-state index contributed by atoms with van der Waals surface area (Å²) >= 11 is 0. The van der Waals surface area contributed by atoms with E-state index >= 15 is 0 Å². The SMILES string of the molecule is CCOc1cc(N)c([N+](=O)[O-])cc1C(=O)NC1CCN(CC2CC=CCC2)CC1.O=C(O)C(O)c1ccccc1. The van der Waals surface area contributed by atoms with Crippen LogP contribution in [0.4, 0.5) is 11.4 Å². The smallest absolute Gasteiger partial charge is 0.337 e. The first-order valence-electron chi connectivity index (χ1n) is 13.5. The van der Waals surface area contributed by atoms with Crippen molar-refractivity contribution < 1.29 is 29.5 Å². The number of hydrogen-bond acceptors (Lipinski definition) is 8. The van der Waals surface area contributed by atoms with Crippen LogP contribution in [0.3, 0.4) is 0 Å². The number of carboxylic acids is 1.